The Kier molecular flexibility index (Phi) is 3.50. The Balaban J connectivity index is 2.36. The highest BCUT2D eigenvalue weighted by molar-refractivity contribution is 6.30. The average Bonchev–Trinajstić information content (AvgIpc) is 2.34. The van der Waals surface area contributed by atoms with Crippen LogP contribution < -0.4 is 5.32 Å². The van der Waals surface area contributed by atoms with E-state index in [0.717, 1.165) is 5.56 Å². The average molecular weight is 261 g/mol. The molecule has 90 valence electrons. The van der Waals surface area contributed by atoms with Gasteiger partial charge in [-0.15, -0.1) is 0 Å². The molecule has 0 saturated heterocycles. The first-order valence-electron chi connectivity index (χ1n) is 5.33. The lowest BCUT2D eigenvalue weighted by molar-refractivity contribution is 0.629. The van der Waals surface area contributed by atoms with Crippen LogP contribution in [0.25, 0.3) is 0 Å². The van der Waals surface area contributed by atoms with Gasteiger partial charge in [-0.25, -0.2) is 4.39 Å². The van der Waals surface area contributed by atoms with Crippen molar-refractivity contribution < 1.29 is 4.39 Å². The SMILES string of the molecule is Cc1ccc(C#N)c(Nc2ccc(Cl)c(F)c2)c1. The number of rotatable bonds is 2. The predicted molar refractivity (Wildman–Crippen MR) is 70.6 cm³/mol. The summed E-state index contributed by atoms with van der Waals surface area (Å²) in [6.45, 7) is 1.93. The Morgan fingerprint density at radius 2 is 2.00 bits per heavy atom. The molecule has 0 unspecified atom stereocenters. The second-order valence-corrected chi connectivity index (χ2v) is 4.32. The van der Waals surface area contributed by atoms with E-state index in [-0.39, 0.29) is 5.02 Å². The topological polar surface area (TPSA) is 35.8 Å². The third kappa shape index (κ3) is 2.61. The molecule has 0 amide bonds. The van der Waals surface area contributed by atoms with Gasteiger partial charge in [-0.05, 0) is 42.8 Å². The van der Waals surface area contributed by atoms with E-state index in [2.05, 4.69) is 11.4 Å². The maximum Gasteiger partial charge on any atom is 0.143 e. The molecule has 0 aliphatic rings. The summed E-state index contributed by atoms with van der Waals surface area (Å²) in [4.78, 5) is 0. The molecule has 4 heteroatoms. The Hall–Kier alpha value is -2.05. The van der Waals surface area contributed by atoms with Crippen molar-refractivity contribution >= 4 is 23.0 Å². The van der Waals surface area contributed by atoms with Crippen molar-refractivity contribution in [2.45, 2.75) is 6.92 Å². The molecule has 0 saturated carbocycles. The molecule has 0 atom stereocenters. The lowest BCUT2D eigenvalue weighted by Crippen LogP contribution is -1.95. The summed E-state index contributed by atoms with van der Waals surface area (Å²) in [5, 5.41) is 12.1. The molecule has 0 fully saturated rings. The molecular weight excluding hydrogens is 251 g/mol. The maximum absolute atomic E-state index is 13.3. The van der Waals surface area contributed by atoms with Crippen LogP contribution >= 0.6 is 11.6 Å². The molecule has 0 aliphatic heterocycles. The van der Waals surface area contributed by atoms with Crippen molar-refractivity contribution in [3.8, 4) is 6.07 Å². The van der Waals surface area contributed by atoms with Crippen molar-refractivity contribution in [3.05, 3.63) is 58.4 Å². The molecule has 2 aromatic carbocycles. The number of hydrogen-bond donors (Lipinski definition) is 1. The van der Waals surface area contributed by atoms with Gasteiger partial charge in [0.15, 0.2) is 0 Å². The molecule has 2 aromatic rings. The van der Waals surface area contributed by atoms with Crippen LogP contribution in [0.4, 0.5) is 15.8 Å². The van der Waals surface area contributed by atoms with Crippen LogP contribution in [0.1, 0.15) is 11.1 Å². The minimum Gasteiger partial charge on any atom is -0.354 e. The molecule has 0 bridgehead atoms. The van der Waals surface area contributed by atoms with E-state index >= 15 is 0 Å². The minimum absolute atomic E-state index is 0.0744. The van der Waals surface area contributed by atoms with Gasteiger partial charge in [-0.1, -0.05) is 17.7 Å². The summed E-state index contributed by atoms with van der Waals surface area (Å²) in [6.07, 6.45) is 0. The quantitative estimate of drug-likeness (QED) is 0.869. The van der Waals surface area contributed by atoms with E-state index in [4.69, 9.17) is 16.9 Å². The summed E-state index contributed by atoms with van der Waals surface area (Å²) >= 11 is 5.61. The molecular formula is C14H10ClFN2. The van der Waals surface area contributed by atoms with E-state index < -0.39 is 5.82 Å². The zero-order chi connectivity index (χ0) is 13.1. The predicted octanol–water partition coefficient (Wildman–Crippen LogP) is 4.40. The number of halogens is 2. The van der Waals surface area contributed by atoms with Crippen LogP contribution in [-0.2, 0) is 0 Å². The monoisotopic (exact) mass is 260 g/mol. The molecule has 0 radical (unpaired) electrons. The fourth-order valence-corrected chi connectivity index (χ4v) is 1.71. The second-order valence-electron chi connectivity index (χ2n) is 3.91. The van der Waals surface area contributed by atoms with E-state index in [0.29, 0.717) is 16.9 Å². The Bertz CT molecular complexity index is 632. The van der Waals surface area contributed by atoms with Crippen molar-refractivity contribution in [1.82, 2.24) is 0 Å². The number of nitrogens with one attached hydrogen (secondary N) is 1. The van der Waals surface area contributed by atoms with Crippen LogP contribution in [0.15, 0.2) is 36.4 Å². The van der Waals surface area contributed by atoms with Crippen LogP contribution in [-0.4, -0.2) is 0 Å². The first-order chi connectivity index (χ1) is 8.60. The summed E-state index contributed by atoms with van der Waals surface area (Å²) in [5.41, 5.74) is 2.74. The number of hydrogen-bond acceptors (Lipinski definition) is 2. The smallest absolute Gasteiger partial charge is 0.143 e. The fourth-order valence-electron chi connectivity index (χ4n) is 1.59. The zero-order valence-corrected chi connectivity index (χ0v) is 10.4. The van der Waals surface area contributed by atoms with E-state index in [1.165, 1.54) is 12.1 Å². The molecule has 0 spiro atoms. The van der Waals surface area contributed by atoms with Gasteiger partial charge in [-0.2, -0.15) is 5.26 Å². The Labute approximate surface area is 110 Å². The van der Waals surface area contributed by atoms with Gasteiger partial charge >= 0.3 is 0 Å². The highest BCUT2D eigenvalue weighted by Crippen LogP contribution is 2.24. The molecule has 1 N–H and O–H groups in total. The highest BCUT2D eigenvalue weighted by atomic mass is 35.5. The van der Waals surface area contributed by atoms with Gasteiger partial charge in [0.1, 0.15) is 11.9 Å². The van der Waals surface area contributed by atoms with Crippen LogP contribution in [0.3, 0.4) is 0 Å². The summed E-state index contributed by atoms with van der Waals surface area (Å²) in [5.74, 6) is -0.493. The van der Waals surface area contributed by atoms with Crippen molar-refractivity contribution in [2.75, 3.05) is 5.32 Å². The molecule has 0 aromatic heterocycles. The first kappa shape index (κ1) is 12.4. The molecule has 0 aliphatic carbocycles. The maximum atomic E-state index is 13.3. The van der Waals surface area contributed by atoms with Gasteiger partial charge in [-0.3, -0.25) is 0 Å². The fraction of sp³-hybridized carbons (Fsp3) is 0.0714. The zero-order valence-electron chi connectivity index (χ0n) is 9.67. The van der Waals surface area contributed by atoms with Gasteiger partial charge in [0, 0.05) is 5.69 Å². The number of nitriles is 1. The Morgan fingerprint density at radius 1 is 1.22 bits per heavy atom. The van der Waals surface area contributed by atoms with Gasteiger partial charge in [0.25, 0.3) is 0 Å². The number of benzene rings is 2. The number of anilines is 2. The van der Waals surface area contributed by atoms with Gasteiger partial charge < -0.3 is 5.32 Å². The summed E-state index contributed by atoms with van der Waals surface area (Å²) < 4.78 is 13.3. The third-order valence-electron chi connectivity index (χ3n) is 2.49. The summed E-state index contributed by atoms with van der Waals surface area (Å²) in [7, 11) is 0. The highest BCUT2D eigenvalue weighted by Gasteiger charge is 2.05. The summed E-state index contributed by atoms with van der Waals surface area (Å²) in [6, 6.07) is 11.9. The normalized spacial score (nSPS) is 9.89. The van der Waals surface area contributed by atoms with Crippen molar-refractivity contribution in [1.29, 1.82) is 5.26 Å². The van der Waals surface area contributed by atoms with Gasteiger partial charge in [0.2, 0.25) is 0 Å². The standard InChI is InChI=1S/C14H10ClFN2/c1-9-2-3-10(8-17)14(6-9)18-11-4-5-12(15)13(16)7-11/h2-7,18H,1H3. The number of aryl methyl sites for hydroxylation is 1. The minimum atomic E-state index is -0.493. The third-order valence-corrected chi connectivity index (χ3v) is 2.80. The first-order valence-corrected chi connectivity index (χ1v) is 5.71. The molecule has 2 nitrogen and oxygen atoms in total. The van der Waals surface area contributed by atoms with Gasteiger partial charge in [0.05, 0.1) is 16.3 Å². The van der Waals surface area contributed by atoms with Crippen LogP contribution in [0.5, 0.6) is 0 Å². The Morgan fingerprint density at radius 3 is 2.67 bits per heavy atom. The van der Waals surface area contributed by atoms with E-state index in [9.17, 15) is 4.39 Å². The second kappa shape index (κ2) is 5.07. The van der Waals surface area contributed by atoms with Crippen molar-refractivity contribution in [2.24, 2.45) is 0 Å². The molecule has 18 heavy (non-hydrogen) atoms. The largest absolute Gasteiger partial charge is 0.354 e. The molecule has 2 rings (SSSR count). The van der Waals surface area contributed by atoms with E-state index in [1.807, 2.05) is 19.1 Å². The lowest BCUT2D eigenvalue weighted by Gasteiger charge is -2.09. The van der Waals surface area contributed by atoms with E-state index in [1.54, 1.807) is 12.1 Å². The van der Waals surface area contributed by atoms with Crippen LogP contribution in [0, 0.1) is 24.1 Å². The molecule has 0 heterocycles. The number of nitrogens with zero attached hydrogens (tertiary/aromatic N) is 1. The lowest BCUT2D eigenvalue weighted by atomic mass is 10.1. The van der Waals surface area contributed by atoms with Crippen LogP contribution in [0.2, 0.25) is 5.02 Å². The van der Waals surface area contributed by atoms with Crippen molar-refractivity contribution in [3.63, 3.8) is 0 Å².